The van der Waals surface area contributed by atoms with Crippen LogP contribution in [-0.2, 0) is 7.05 Å². The van der Waals surface area contributed by atoms with Crippen molar-refractivity contribution in [1.29, 1.82) is 0 Å². The second-order valence-corrected chi connectivity index (χ2v) is 5.00. The van der Waals surface area contributed by atoms with E-state index in [1.807, 2.05) is 32.0 Å². The molecular weight excluding hydrogens is 240 g/mol. The maximum absolute atomic E-state index is 12.2. The zero-order chi connectivity index (χ0) is 14.4. The second kappa shape index (κ2) is 7.16. The minimum absolute atomic E-state index is 0.0134. The lowest BCUT2D eigenvalue weighted by molar-refractivity contribution is 0.194. The van der Waals surface area contributed by atoms with Gasteiger partial charge in [-0.2, -0.15) is 5.10 Å². The average molecular weight is 266 g/mol. The highest BCUT2D eigenvalue weighted by molar-refractivity contribution is 5.74. The Labute approximate surface area is 116 Å². The van der Waals surface area contributed by atoms with E-state index in [4.69, 9.17) is 0 Å². The van der Waals surface area contributed by atoms with Gasteiger partial charge < -0.3 is 10.2 Å². The summed E-state index contributed by atoms with van der Waals surface area (Å²) in [6, 6.07) is -0.00290. The first-order valence-corrected chi connectivity index (χ1v) is 7.05. The summed E-state index contributed by atoms with van der Waals surface area (Å²) < 4.78 is 1.78. The summed E-state index contributed by atoms with van der Waals surface area (Å²) in [5.74, 6) is 0. The SMILES string of the molecule is CCCN(CCC)C(=O)N[C@@H](C)c1cn(C)nc1C. The summed E-state index contributed by atoms with van der Waals surface area (Å²) in [5, 5.41) is 7.36. The lowest BCUT2D eigenvalue weighted by Crippen LogP contribution is -2.41. The summed E-state index contributed by atoms with van der Waals surface area (Å²) in [4.78, 5) is 14.1. The van der Waals surface area contributed by atoms with Crippen molar-refractivity contribution in [3.05, 3.63) is 17.5 Å². The Kier molecular flexibility index (Phi) is 5.86. The highest BCUT2D eigenvalue weighted by Crippen LogP contribution is 2.15. The van der Waals surface area contributed by atoms with E-state index >= 15 is 0 Å². The third kappa shape index (κ3) is 4.26. The van der Waals surface area contributed by atoms with Gasteiger partial charge in [0, 0.05) is 31.9 Å². The van der Waals surface area contributed by atoms with Crippen LogP contribution in [0.5, 0.6) is 0 Å². The van der Waals surface area contributed by atoms with Gasteiger partial charge in [-0.3, -0.25) is 4.68 Å². The molecule has 1 N–H and O–H groups in total. The van der Waals surface area contributed by atoms with Crippen LogP contribution in [0.25, 0.3) is 0 Å². The van der Waals surface area contributed by atoms with E-state index < -0.39 is 0 Å². The summed E-state index contributed by atoms with van der Waals surface area (Å²) in [6.45, 7) is 9.75. The van der Waals surface area contributed by atoms with Gasteiger partial charge in [0.1, 0.15) is 0 Å². The second-order valence-electron chi connectivity index (χ2n) is 5.00. The number of aromatic nitrogens is 2. The van der Waals surface area contributed by atoms with Gasteiger partial charge in [0.05, 0.1) is 11.7 Å². The van der Waals surface area contributed by atoms with Crippen LogP contribution in [0, 0.1) is 6.92 Å². The number of amides is 2. The molecule has 19 heavy (non-hydrogen) atoms. The van der Waals surface area contributed by atoms with Gasteiger partial charge in [-0.1, -0.05) is 13.8 Å². The van der Waals surface area contributed by atoms with Gasteiger partial charge in [0.15, 0.2) is 0 Å². The molecule has 5 nitrogen and oxygen atoms in total. The Morgan fingerprint density at radius 1 is 1.42 bits per heavy atom. The minimum Gasteiger partial charge on any atom is -0.331 e. The molecule has 5 heteroatoms. The first kappa shape index (κ1) is 15.5. The Hall–Kier alpha value is -1.52. The summed E-state index contributed by atoms with van der Waals surface area (Å²) >= 11 is 0. The fraction of sp³-hybridized carbons (Fsp3) is 0.714. The molecular formula is C14H26N4O. The fourth-order valence-electron chi connectivity index (χ4n) is 2.25. The first-order chi connectivity index (χ1) is 8.99. The largest absolute Gasteiger partial charge is 0.331 e. The van der Waals surface area contributed by atoms with Crippen molar-refractivity contribution in [3.8, 4) is 0 Å². The summed E-state index contributed by atoms with van der Waals surface area (Å²) in [7, 11) is 1.89. The van der Waals surface area contributed by atoms with Crippen LogP contribution in [0.2, 0.25) is 0 Å². The Morgan fingerprint density at radius 3 is 2.42 bits per heavy atom. The number of hydrogen-bond acceptors (Lipinski definition) is 2. The molecule has 2 amide bonds. The normalized spacial score (nSPS) is 12.3. The molecule has 108 valence electrons. The lowest BCUT2D eigenvalue weighted by Gasteiger charge is -2.24. The van der Waals surface area contributed by atoms with E-state index in [0.717, 1.165) is 37.2 Å². The van der Waals surface area contributed by atoms with E-state index in [-0.39, 0.29) is 12.1 Å². The lowest BCUT2D eigenvalue weighted by atomic mass is 10.1. The van der Waals surface area contributed by atoms with E-state index in [0.29, 0.717) is 0 Å². The molecule has 0 unspecified atom stereocenters. The van der Waals surface area contributed by atoms with E-state index in [1.165, 1.54) is 0 Å². The van der Waals surface area contributed by atoms with Crippen molar-refractivity contribution >= 4 is 6.03 Å². The molecule has 1 aromatic heterocycles. The molecule has 0 bridgehead atoms. The van der Waals surface area contributed by atoms with Crippen molar-refractivity contribution in [2.24, 2.45) is 7.05 Å². The molecule has 0 aromatic carbocycles. The topological polar surface area (TPSA) is 50.2 Å². The number of carbonyl (C=O) groups is 1. The van der Waals surface area contributed by atoms with Gasteiger partial charge in [-0.15, -0.1) is 0 Å². The highest BCUT2D eigenvalue weighted by atomic mass is 16.2. The predicted octanol–water partition coefficient (Wildman–Crippen LogP) is 2.62. The Balaban J connectivity index is 2.66. The van der Waals surface area contributed by atoms with Crippen LogP contribution in [-0.4, -0.2) is 33.8 Å². The number of aryl methyl sites for hydroxylation is 2. The molecule has 0 spiro atoms. The van der Waals surface area contributed by atoms with Crippen LogP contribution in [0.3, 0.4) is 0 Å². The highest BCUT2D eigenvalue weighted by Gasteiger charge is 2.17. The van der Waals surface area contributed by atoms with Crippen molar-refractivity contribution in [2.45, 2.75) is 46.6 Å². The van der Waals surface area contributed by atoms with Crippen LogP contribution in [0.1, 0.15) is 50.9 Å². The maximum atomic E-state index is 12.2. The van der Waals surface area contributed by atoms with E-state index in [2.05, 4.69) is 24.3 Å². The number of urea groups is 1. The summed E-state index contributed by atoms with van der Waals surface area (Å²) in [6.07, 6.45) is 3.92. The van der Waals surface area contributed by atoms with Crippen molar-refractivity contribution in [1.82, 2.24) is 20.0 Å². The molecule has 1 atom stereocenters. The number of rotatable bonds is 6. The van der Waals surface area contributed by atoms with Gasteiger partial charge in [-0.25, -0.2) is 4.79 Å². The molecule has 0 aliphatic rings. The Morgan fingerprint density at radius 2 is 2.00 bits per heavy atom. The third-order valence-electron chi connectivity index (χ3n) is 3.13. The zero-order valence-electron chi connectivity index (χ0n) is 12.7. The molecule has 0 fully saturated rings. The predicted molar refractivity (Wildman–Crippen MR) is 77.0 cm³/mol. The molecule has 1 rings (SSSR count). The average Bonchev–Trinajstić information content (AvgIpc) is 2.68. The van der Waals surface area contributed by atoms with Gasteiger partial charge in [0.2, 0.25) is 0 Å². The molecule has 1 aromatic rings. The molecule has 0 aliphatic carbocycles. The van der Waals surface area contributed by atoms with Crippen LogP contribution < -0.4 is 5.32 Å². The zero-order valence-corrected chi connectivity index (χ0v) is 12.7. The van der Waals surface area contributed by atoms with Crippen LogP contribution >= 0.6 is 0 Å². The summed E-state index contributed by atoms with van der Waals surface area (Å²) in [5.41, 5.74) is 2.04. The smallest absolute Gasteiger partial charge is 0.317 e. The fourth-order valence-corrected chi connectivity index (χ4v) is 2.25. The standard InChI is InChI=1S/C14H26N4O/c1-6-8-18(9-7-2)14(19)15-11(3)13-10-17(5)16-12(13)4/h10-11H,6-9H2,1-5H3,(H,15,19)/t11-/m0/s1. The van der Waals surface area contributed by atoms with Crippen LogP contribution in [0.15, 0.2) is 6.20 Å². The Bertz CT molecular complexity index is 408. The molecule has 0 aliphatic heterocycles. The molecule has 0 saturated carbocycles. The monoisotopic (exact) mass is 266 g/mol. The van der Waals surface area contributed by atoms with Gasteiger partial charge >= 0.3 is 6.03 Å². The molecule has 1 heterocycles. The number of carbonyl (C=O) groups excluding carboxylic acids is 1. The quantitative estimate of drug-likeness (QED) is 0.860. The third-order valence-corrected chi connectivity index (χ3v) is 3.13. The molecule has 0 radical (unpaired) electrons. The number of hydrogen-bond donors (Lipinski definition) is 1. The maximum Gasteiger partial charge on any atom is 0.317 e. The number of nitrogens with zero attached hydrogens (tertiary/aromatic N) is 3. The van der Waals surface area contributed by atoms with Crippen LogP contribution in [0.4, 0.5) is 4.79 Å². The first-order valence-electron chi connectivity index (χ1n) is 7.05. The molecule has 0 saturated heterocycles. The number of nitrogens with one attached hydrogen (secondary N) is 1. The van der Waals surface area contributed by atoms with Crippen molar-refractivity contribution in [3.63, 3.8) is 0 Å². The van der Waals surface area contributed by atoms with Crippen molar-refractivity contribution < 1.29 is 4.79 Å². The van der Waals surface area contributed by atoms with Gasteiger partial charge in [0.25, 0.3) is 0 Å². The minimum atomic E-state index is -0.0163. The van der Waals surface area contributed by atoms with Gasteiger partial charge in [-0.05, 0) is 26.7 Å². The van der Waals surface area contributed by atoms with E-state index in [1.54, 1.807) is 4.68 Å². The van der Waals surface area contributed by atoms with E-state index in [9.17, 15) is 4.79 Å². The van der Waals surface area contributed by atoms with Crippen molar-refractivity contribution in [2.75, 3.05) is 13.1 Å².